The second-order valence-corrected chi connectivity index (χ2v) is 6.05. The normalized spacial score (nSPS) is 19.3. The minimum Gasteiger partial charge on any atom is -0.391 e. The number of rotatable bonds is 1. The fraction of sp³-hybridized carbons (Fsp3) is 0.588. The van der Waals surface area contributed by atoms with Gasteiger partial charge in [0.2, 0.25) is 0 Å². The Balaban J connectivity index is 2.44. The van der Waals surface area contributed by atoms with E-state index >= 15 is 0 Å². The average Bonchev–Trinajstić information content (AvgIpc) is 2.43. The fourth-order valence-corrected chi connectivity index (χ4v) is 3.12. The molecule has 20 heavy (non-hydrogen) atoms. The largest absolute Gasteiger partial charge is 0.391 e. The van der Waals surface area contributed by atoms with Crippen LogP contribution < -0.4 is 0 Å². The van der Waals surface area contributed by atoms with Gasteiger partial charge in [0.05, 0.1) is 6.10 Å². The zero-order valence-electron chi connectivity index (χ0n) is 13.2. The number of benzene rings is 1. The molecule has 1 heterocycles. The summed E-state index contributed by atoms with van der Waals surface area (Å²) in [6.45, 7) is 11.6. The summed E-state index contributed by atoms with van der Waals surface area (Å²) in [6.07, 6.45) is 1.31. The maximum atomic E-state index is 12.8. The van der Waals surface area contributed by atoms with Gasteiger partial charge in [-0.3, -0.25) is 4.79 Å². The van der Waals surface area contributed by atoms with Crippen molar-refractivity contribution in [2.24, 2.45) is 0 Å². The second kappa shape index (κ2) is 5.57. The van der Waals surface area contributed by atoms with Gasteiger partial charge in [0.15, 0.2) is 0 Å². The van der Waals surface area contributed by atoms with Gasteiger partial charge in [-0.2, -0.15) is 0 Å². The first-order chi connectivity index (χ1) is 9.34. The quantitative estimate of drug-likeness (QED) is 0.856. The summed E-state index contributed by atoms with van der Waals surface area (Å²) in [5.41, 5.74) is 6.67. The van der Waals surface area contributed by atoms with E-state index in [-0.39, 0.29) is 12.0 Å². The zero-order valence-corrected chi connectivity index (χ0v) is 13.2. The number of carbonyl (C=O) groups excluding carboxylic acids is 1. The molecule has 2 rings (SSSR count). The molecule has 1 atom stereocenters. The molecule has 1 unspecified atom stereocenters. The third kappa shape index (κ3) is 2.47. The van der Waals surface area contributed by atoms with Gasteiger partial charge in [0.1, 0.15) is 0 Å². The lowest BCUT2D eigenvalue weighted by molar-refractivity contribution is 0.0472. The third-order valence-electron chi connectivity index (χ3n) is 4.90. The summed E-state index contributed by atoms with van der Waals surface area (Å²) in [5, 5.41) is 9.77. The van der Waals surface area contributed by atoms with Crippen LogP contribution in [-0.2, 0) is 0 Å². The van der Waals surface area contributed by atoms with Crippen LogP contribution in [0.15, 0.2) is 0 Å². The molecular weight excluding hydrogens is 250 g/mol. The van der Waals surface area contributed by atoms with E-state index in [0.717, 1.165) is 36.1 Å². The van der Waals surface area contributed by atoms with Gasteiger partial charge >= 0.3 is 0 Å². The topological polar surface area (TPSA) is 40.5 Å². The van der Waals surface area contributed by atoms with Crippen molar-refractivity contribution >= 4 is 5.91 Å². The van der Waals surface area contributed by atoms with Crippen molar-refractivity contribution in [2.45, 2.75) is 53.6 Å². The summed E-state index contributed by atoms with van der Waals surface area (Å²) >= 11 is 0. The Hall–Kier alpha value is -1.35. The van der Waals surface area contributed by atoms with Gasteiger partial charge in [-0.05, 0) is 75.3 Å². The van der Waals surface area contributed by atoms with Crippen LogP contribution >= 0.6 is 0 Å². The van der Waals surface area contributed by atoms with E-state index in [2.05, 4.69) is 20.8 Å². The van der Waals surface area contributed by atoms with Crippen LogP contribution in [0.1, 0.15) is 51.0 Å². The number of aliphatic hydroxyl groups excluding tert-OH is 1. The summed E-state index contributed by atoms with van der Waals surface area (Å²) in [5.74, 6) is 0.0740. The molecule has 0 bridgehead atoms. The maximum Gasteiger partial charge on any atom is 0.254 e. The van der Waals surface area contributed by atoms with Crippen LogP contribution in [0.2, 0.25) is 0 Å². The number of carbonyl (C=O) groups is 1. The maximum absolute atomic E-state index is 12.8. The third-order valence-corrected chi connectivity index (χ3v) is 4.90. The van der Waals surface area contributed by atoms with Crippen LogP contribution in [0, 0.1) is 34.6 Å². The number of likely N-dealkylation sites (tertiary alicyclic amines) is 1. The molecule has 0 saturated carbocycles. The van der Waals surface area contributed by atoms with E-state index in [4.69, 9.17) is 0 Å². The molecule has 1 fully saturated rings. The lowest BCUT2D eigenvalue weighted by Gasteiger charge is -2.31. The Bertz CT molecular complexity index is 519. The molecule has 1 aromatic carbocycles. The van der Waals surface area contributed by atoms with E-state index in [1.165, 1.54) is 16.7 Å². The predicted molar refractivity (Wildman–Crippen MR) is 81.3 cm³/mol. The second-order valence-electron chi connectivity index (χ2n) is 6.05. The van der Waals surface area contributed by atoms with Crippen molar-refractivity contribution < 1.29 is 9.90 Å². The van der Waals surface area contributed by atoms with Crippen molar-refractivity contribution in [2.75, 3.05) is 13.1 Å². The van der Waals surface area contributed by atoms with Crippen molar-refractivity contribution in [3.63, 3.8) is 0 Å². The van der Waals surface area contributed by atoms with Crippen LogP contribution in [0.25, 0.3) is 0 Å². The van der Waals surface area contributed by atoms with Crippen molar-refractivity contribution in [1.29, 1.82) is 0 Å². The molecule has 110 valence electrons. The fourth-order valence-electron chi connectivity index (χ4n) is 3.12. The summed E-state index contributed by atoms with van der Waals surface area (Å²) in [6, 6.07) is 0. The first-order valence-corrected chi connectivity index (χ1v) is 7.38. The van der Waals surface area contributed by atoms with Gasteiger partial charge < -0.3 is 10.0 Å². The molecule has 1 N–H and O–H groups in total. The highest BCUT2D eigenvalue weighted by Gasteiger charge is 2.26. The SMILES string of the molecule is Cc1c(C)c(C)c(C(=O)N2CCCC(O)C2)c(C)c1C. The number of hydrogen-bond donors (Lipinski definition) is 1. The lowest BCUT2D eigenvalue weighted by atomic mass is 9.88. The number of amides is 1. The number of hydrogen-bond acceptors (Lipinski definition) is 2. The van der Waals surface area contributed by atoms with Gasteiger partial charge in [-0.25, -0.2) is 0 Å². The molecule has 0 spiro atoms. The molecule has 1 aliphatic rings. The monoisotopic (exact) mass is 275 g/mol. The van der Waals surface area contributed by atoms with Crippen LogP contribution in [0.5, 0.6) is 0 Å². The van der Waals surface area contributed by atoms with E-state index < -0.39 is 0 Å². The van der Waals surface area contributed by atoms with Crippen molar-refractivity contribution in [3.05, 3.63) is 33.4 Å². The molecule has 1 aliphatic heterocycles. The molecule has 1 aromatic rings. The molecule has 0 aliphatic carbocycles. The molecule has 3 nitrogen and oxygen atoms in total. The number of nitrogens with zero attached hydrogens (tertiary/aromatic N) is 1. The smallest absolute Gasteiger partial charge is 0.254 e. The highest BCUT2D eigenvalue weighted by atomic mass is 16.3. The van der Waals surface area contributed by atoms with Gasteiger partial charge in [-0.15, -0.1) is 0 Å². The molecule has 3 heteroatoms. The van der Waals surface area contributed by atoms with E-state index in [1.807, 2.05) is 13.8 Å². The summed E-state index contributed by atoms with van der Waals surface area (Å²) in [7, 11) is 0. The van der Waals surface area contributed by atoms with Gasteiger partial charge in [0.25, 0.3) is 5.91 Å². The van der Waals surface area contributed by atoms with Crippen molar-refractivity contribution in [3.8, 4) is 0 Å². The number of piperidine rings is 1. The van der Waals surface area contributed by atoms with Crippen LogP contribution in [-0.4, -0.2) is 35.1 Å². The zero-order chi connectivity index (χ0) is 15.0. The number of β-amino-alcohol motifs (C(OH)–C–C–N with tert-alkyl or cyclic N) is 1. The summed E-state index contributed by atoms with van der Waals surface area (Å²) in [4.78, 5) is 14.6. The molecular formula is C17H25NO2. The Morgan fingerprint density at radius 1 is 1.00 bits per heavy atom. The average molecular weight is 275 g/mol. The predicted octanol–water partition coefficient (Wildman–Crippen LogP) is 2.83. The Morgan fingerprint density at radius 2 is 1.50 bits per heavy atom. The Morgan fingerprint density at radius 3 is 2.00 bits per heavy atom. The highest BCUT2D eigenvalue weighted by Crippen LogP contribution is 2.27. The standard InChI is InChI=1S/C17H25NO2/c1-10-11(2)13(4)16(14(5)12(10)3)17(20)18-8-6-7-15(19)9-18/h15,19H,6-9H2,1-5H3. The van der Waals surface area contributed by atoms with Gasteiger partial charge in [0, 0.05) is 18.7 Å². The highest BCUT2D eigenvalue weighted by molar-refractivity contribution is 5.98. The molecule has 0 radical (unpaired) electrons. The molecule has 1 saturated heterocycles. The molecule has 1 amide bonds. The first kappa shape index (κ1) is 15.0. The van der Waals surface area contributed by atoms with Crippen LogP contribution in [0.4, 0.5) is 0 Å². The summed E-state index contributed by atoms with van der Waals surface area (Å²) < 4.78 is 0. The number of aliphatic hydroxyl groups is 1. The first-order valence-electron chi connectivity index (χ1n) is 7.38. The van der Waals surface area contributed by atoms with Crippen molar-refractivity contribution in [1.82, 2.24) is 4.90 Å². The Kier molecular flexibility index (Phi) is 4.19. The van der Waals surface area contributed by atoms with Gasteiger partial charge in [-0.1, -0.05) is 0 Å². The van der Waals surface area contributed by atoms with E-state index in [1.54, 1.807) is 4.90 Å². The van der Waals surface area contributed by atoms with E-state index in [9.17, 15) is 9.90 Å². The Labute approximate surface area is 121 Å². The molecule has 0 aromatic heterocycles. The lowest BCUT2D eigenvalue weighted by Crippen LogP contribution is -2.42. The minimum atomic E-state index is -0.374. The van der Waals surface area contributed by atoms with E-state index in [0.29, 0.717) is 6.54 Å². The van der Waals surface area contributed by atoms with Crippen LogP contribution in [0.3, 0.4) is 0 Å². The minimum absolute atomic E-state index is 0.0740.